The summed E-state index contributed by atoms with van der Waals surface area (Å²) in [6.45, 7) is 8.28. The van der Waals surface area contributed by atoms with Crippen LogP contribution in [0.5, 0.6) is 0 Å². The Morgan fingerprint density at radius 1 is 0.612 bits per heavy atom. The van der Waals surface area contributed by atoms with Crippen molar-refractivity contribution in [3.63, 3.8) is 0 Å². The van der Waals surface area contributed by atoms with Gasteiger partial charge in [-0.2, -0.15) is 16.8 Å². The van der Waals surface area contributed by atoms with Crippen LogP contribution >= 0.6 is 0 Å². The monoisotopic (exact) mass is 722 g/mol. The zero-order valence-electron chi connectivity index (χ0n) is 28.9. The van der Waals surface area contributed by atoms with Crippen LogP contribution in [0, 0.1) is 11.8 Å². The molecule has 0 bridgehead atoms. The highest BCUT2D eigenvalue weighted by Crippen LogP contribution is 2.29. The van der Waals surface area contributed by atoms with E-state index in [-0.39, 0.29) is 23.0 Å². The Kier molecular flexibility index (Phi) is 13.1. The SMILES string of the molecule is CC(C)(COS(=O)(=O)c1ccccc1)OC(=O)N1CCC(CCCC2CCN(C(=O)OC(C)(C)COS(=O)(=O)c3ccccc3)CC2)CC1. The maximum absolute atomic E-state index is 12.8. The van der Waals surface area contributed by atoms with E-state index < -0.39 is 43.6 Å². The van der Waals surface area contributed by atoms with Gasteiger partial charge in [0.05, 0.1) is 9.79 Å². The van der Waals surface area contributed by atoms with Crippen LogP contribution in [-0.2, 0) is 38.1 Å². The highest BCUT2D eigenvalue weighted by molar-refractivity contribution is 7.87. The van der Waals surface area contributed by atoms with E-state index in [1.54, 1.807) is 73.9 Å². The summed E-state index contributed by atoms with van der Waals surface area (Å²) in [5.41, 5.74) is -2.25. The van der Waals surface area contributed by atoms with Crippen LogP contribution < -0.4 is 0 Å². The second-order valence-electron chi connectivity index (χ2n) is 14.1. The molecule has 0 aliphatic carbocycles. The summed E-state index contributed by atoms with van der Waals surface area (Å²) in [5.74, 6) is 1.03. The van der Waals surface area contributed by atoms with Gasteiger partial charge in [0.25, 0.3) is 20.2 Å². The van der Waals surface area contributed by atoms with Crippen molar-refractivity contribution in [3.05, 3.63) is 60.7 Å². The number of amides is 2. The quantitative estimate of drug-likeness (QED) is 0.206. The van der Waals surface area contributed by atoms with Crippen LogP contribution in [0.4, 0.5) is 9.59 Å². The number of carbonyl (C=O) groups excluding carboxylic acids is 2. The van der Waals surface area contributed by atoms with Crippen LogP contribution in [0.25, 0.3) is 0 Å². The fourth-order valence-corrected chi connectivity index (χ4v) is 8.04. The molecule has 0 N–H and O–H groups in total. The fraction of sp³-hybridized carbons (Fsp3) is 0.600. The third-order valence-electron chi connectivity index (χ3n) is 8.88. The zero-order valence-corrected chi connectivity index (χ0v) is 30.5. The summed E-state index contributed by atoms with van der Waals surface area (Å²) >= 11 is 0. The minimum atomic E-state index is -3.95. The van der Waals surface area contributed by atoms with Crippen LogP contribution in [0.3, 0.4) is 0 Å². The summed E-state index contributed by atoms with van der Waals surface area (Å²) in [4.78, 5) is 29.1. The highest BCUT2D eigenvalue weighted by Gasteiger charge is 2.33. The Hall–Kier alpha value is -3.20. The average molecular weight is 723 g/mol. The first-order valence-electron chi connectivity index (χ1n) is 16.9. The molecule has 272 valence electrons. The van der Waals surface area contributed by atoms with Crippen molar-refractivity contribution in [2.75, 3.05) is 39.4 Å². The lowest BCUT2D eigenvalue weighted by Crippen LogP contribution is -2.44. The predicted octanol–water partition coefficient (Wildman–Crippen LogP) is 6.22. The van der Waals surface area contributed by atoms with Crippen molar-refractivity contribution in [2.24, 2.45) is 11.8 Å². The van der Waals surface area contributed by atoms with E-state index in [9.17, 15) is 26.4 Å². The number of nitrogens with zero attached hydrogens (tertiary/aromatic N) is 2. The van der Waals surface area contributed by atoms with Crippen LogP contribution in [0.1, 0.15) is 72.6 Å². The summed E-state index contributed by atoms with van der Waals surface area (Å²) < 4.78 is 71.4. The van der Waals surface area contributed by atoms with Gasteiger partial charge in [0, 0.05) is 26.2 Å². The first-order chi connectivity index (χ1) is 23.1. The molecule has 0 radical (unpaired) electrons. The number of ether oxygens (including phenoxy) is 2. The van der Waals surface area contributed by atoms with Gasteiger partial charge in [-0.3, -0.25) is 8.37 Å². The van der Waals surface area contributed by atoms with Crippen molar-refractivity contribution >= 4 is 32.4 Å². The molecule has 2 aromatic rings. The number of hydrogen-bond acceptors (Lipinski definition) is 10. The van der Waals surface area contributed by atoms with Gasteiger partial charge in [-0.25, -0.2) is 9.59 Å². The van der Waals surface area contributed by atoms with Gasteiger partial charge in [0.15, 0.2) is 0 Å². The molecule has 2 saturated heterocycles. The topological polar surface area (TPSA) is 146 Å². The van der Waals surface area contributed by atoms with E-state index in [1.807, 2.05) is 0 Å². The maximum atomic E-state index is 12.8. The lowest BCUT2D eigenvalue weighted by atomic mass is 9.87. The third kappa shape index (κ3) is 12.0. The van der Waals surface area contributed by atoms with E-state index in [2.05, 4.69) is 0 Å². The van der Waals surface area contributed by atoms with Crippen LogP contribution in [0.15, 0.2) is 70.5 Å². The molecule has 14 heteroatoms. The van der Waals surface area contributed by atoms with Gasteiger partial charge < -0.3 is 19.3 Å². The molecule has 12 nitrogen and oxygen atoms in total. The van der Waals surface area contributed by atoms with Gasteiger partial charge in [-0.05, 0) is 89.5 Å². The molecule has 49 heavy (non-hydrogen) atoms. The first-order valence-corrected chi connectivity index (χ1v) is 19.7. The van der Waals surface area contributed by atoms with Gasteiger partial charge in [0.1, 0.15) is 24.4 Å². The molecule has 0 unspecified atom stereocenters. The minimum Gasteiger partial charge on any atom is -0.441 e. The molecular formula is C35H50N2O10S2. The largest absolute Gasteiger partial charge is 0.441 e. The van der Waals surface area contributed by atoms with Crippen molar-refractivity contribution in [2.45, 2.75) is 93.6 Å². The Morgan fingerprint density at radius 2 is 0.939 bits per heavy atom. The molecule has 2 aromatic carbocycles. The van der Waals surface area contributed by atoms with Crippen molar-refractivity contribution in [1.82, 2.24) is 9.80 Å². The van der Waals surface area contributed by atoms with Crippen LogP contribution in [-0.4, -0.2) is 89.4 Å². The smallest absolute Gasteiger partial charge is 0.410 e. The number of benzene rings is 2. The van der Waals surface area contributed by atoms with Gasteiger partial charge >= 0.3 is 12.2 Å². The van der Waals surface area contributed by atoms with E-state index in [0.29, 0.717) is 38.0 Å². The summed E-state index contributed by atoms with van der Waals surface area (Å²) in [7, 11) is -7.91. The van der Waals surface area contributed by atoms with Crippen molar-refractivity contribution in [3.8, 4) is 0 Å². The normalized spacial score (nSPS) is 17.1. The Labute approximate surface area is 291 Å². The van der Waals surface area contributed by atoms with Gasteiger partial charge in [-0.1, -0.05) is 55.7 Å². The van der Waals surface area contributed by atoms with E-state index in [4.69, 9.17) is 17.8 Å². The zero-order chi connectivity index (χ0) is 35.7. The maximum Gasteiger partial charge on any atom is 0.410 e. The number of hydrogen-bond donors (Lipinski definition) is 0. The van der Waals surface area contributed by atoms with E-state index in [1.165, 1.54) is 24.3 Å². The molecule has 0 saturated carbocycles. The molecule has 0 aromatic heterocycles. The minimum absolute atomic E-state index is 0.0493. The Morgan fingerprint density at radius 3 is 1.27 bits per heavy atom. The number of piperidine rings is 2. The van der Waals surface area contributed by atoms with Crippen molar-refractivity contribution < 1.29 is 44.3 Å². The average Bonchev–Trinajstić information content (AvgIpc) is 3.08. The number of likely N-dealkylation sites (tertiary alicyclic amines) is 2. The standard InChI is InChI=1S/C35H50N2O10S2/c1-34(2,26-44-48(40,41)30-14-7-5-8-15-30)46-32(38)36-22-18-28(19-23-36)12-11-13-29-20-24-37(25-21-29)33(39)47-35(3,4)27-45-49(42,43)31-16-9-6-10-17-31/h5-10,14-17,28-29H,11-13,18-27H2,1-4H3. The lowest BCUT2D eigenvalue weighted by molar-refractivity contribution is -0.0171. The Balaban J connectivity index is 1.09. The van der Waals surface area contributed by atoms with Gasteiger partial charge in [-0.15, -0.1) is 0 Å². The van der Waals surface area contributed by atoms with Crippen molar-refractivity contribution in [1.29, 1.82) is 0 Å². The first kappa shape index (κ1) is 38.6. The predicted molar refractivity (Wildman–Crippen MR) is 183 cm³/mol. The molecule has 2 aliphatic rings. The fourth-order valence-electron chi connectivity index (χ4n) is 5.91. The van der Waals surface area contributed by atoms with Gasteiger partial charge in [0.2, 0.25) is 0 Å². The molecule has 0 atom stereocenters. The lowest BCUT2D eigenvalue weighted by Gasteiger charge is -2.35. The summed E-state index contributed by atoms with van der Waals surface area (Å²) in [6, 6.07) is 15.7. The second-order valence-corrected chi connectivity index (χ2v) is 17.3. The molecule has 2 amide bonds. The summed E-state index contributed by atoms with van der Waals surface area (Å²) in [6.07, 6.45) is 5.80. The molecule has 2 aliphatic heterocycles. The molecule has 2 heterocycles. The second kappa shape index (κ2) is 16.7. The van der Waals surface area contributed by atoms with E-state index in [0.717, 1.165) is 44.9 Å². The number of carbonyl (C=O) groups is 2. The Bertz CT molecular complexity index is 1460. The summed E-state index contributed by atoms with van der Waals surface area (Å²) in [5, 5.41) is 0. The van der Waals surface area contributed by atoms with Crippen LogP contribution in [0.2, 0.25) is 0 Å². The third-order valence-corrected chi connectivity index (χ3v) is 11.4. The molecular weight excluding hydrogens is 673 g/mol. The molecule has 0 spiro atoms. The number of rotatable bonds is 14. The molecule has 2 fully saturated rings. The van der Waals surface area contributed by atoms with E-state index >= 15 is 0 Å². The molecule has 4 rings (SSSR count). The highest BCUT2D eigenvalue weighted by atomic mass is 32.2.